The summed E-state index contributed by atoms with van der Waals surface area (Å²) in [6.45, 7) is 0.403. The Bertz CT molecular complexity index is 468. The highest BCUT2D eigenvalue weighted by atomic mass is 16.6. The Morgan fingerprint density at radius 3 is 2.83 bits per heavy atom. The van der Waals surface area contributed by atoms with Crippen molar-refractivity contribution >= 4 is 17.9 Å². The summed E-state index contributed by atoms with van der Waals surface area (Å²) < 4.78 is 0. The molecular formula is C13H14N2O3. The Morgan fingerprint density at radius 1 is 1.44 bits per heavy atom. The maximum atomic E-state index is 10.7. The molecule has 0 saturated carbocycles. The number of nitrogens with zero attached hydrogens (tertiary/aromatic N) is 2. The Balaban J connectivity index is 1.85. The number of aliphatic imine (C=N–C) groups is 1. The van der Waals surface area contributed by atoms with E-state index in [-0.39, 0.29) is 0 Å². The van der Waals surface area contributed by atoms with Crippen LogP contribution in [0, 0.1) is 0 Å². The second-order valence-corrected chi connectivity index (χ2v) is 4.01. The van der Waals surface area contributed by atoms with E-state index < -0.39 is 12.0 Å². The summed E-state index contributed by atoms with van der Waals surface area (Å²) in [5.74, 6) is -0.893. The molecule has 0 bridgehead atoms. The average Bonchev–Trinajstić information content (AvgIpc) is 2.40. The first-order valence-corrected chi connectivity index (χ1v) is 5.74. The molecule has 0 fully saturated rings. The summed E-state index contributed by atoms with van der Waals surface area (Å²) in [7, 11) is 0. The van der Waals surface area contributed by atoms with E-state index in [0.29, 0.717) is 25.2 Å². The minimum Gasteiger partial charge on any atom is -0.480 e. The molecule has 0 spiro atoms. The SMILES string of the molecule is O=C(O)[C@@H]1CCC(=NOCc2ccccc2)C=N1. The normalized spacial score (nSPS) is 20.9. The van der Waals surface area contributed by atoms with Crippen LogP contribution in [0.1, 0.15) is 18.4 Å². The average molecular weight is 246 g/mol. The van der Waals surface area contributed by atoms with Crippen LogP contribution in [0.15, 0.2) is 40.5 Å². The fraction of sp³-hybridized carbons (Fsp3) is 0.308. The lowest BCUT2D eigenvalue weighted by atomic mass is 10.1. The van der Waals surface area contributed by atoms with Gasteiger partial charge in [0, 0.05) is 6.21 Å². The molecule has 0 unspecified atom stereocenters. The van der Waals surface area contributed by atoms with Crippen molar-refractivity contribution in [2.75, 3.05) is 0 Å². The van der Waals surface area contributed by atoms with Crippen molar-refractivity contribution in [3.63, 3.8) is 0 Å². The topological polar surface area (TPSA) is 71.2 Å². The number of carboxylic acids is 1. The highest BCUT2D eigenvalue weighted by Crippen LogP contribution is 2.09. The van der Waals surface area contributed by atoms with Crippen LogP contribution < -0.4 is 0 Å². The first-order valence-electron chi connectivity index (χ1n) is 5.74. The minimum absolute atomic E-state index is 0.403. The molecule has 1 heterocycles. The summed E-state index contributed by atoms with van der Waals surface area (Å²) in [6, 6.07) is 9.08. The van der Waals surface area contributed by atoms with E-state index in [1.165, 1.54) is 6.21 Å². The Kier molecular flexibility index (Phi) is 4.06. The van der Waals surface area contributed by atoms with Crippen LogP contribution in [0.2, 0.25) is 0 Å². The van der Waals surface area contributed by atoms with E-state index in [0.717, 1.165) is 5.56 Å². The van der Waals surface area contributed by atoms with Gasteiger partial charge in [0.05, 0.1) is 5.71 Å². The zero-order valence-corrected chi connectivity index (χ0v) is 9.82. The lowest BCUT2D eigenvalue weighted by Gasteiger charge is -2.12. The highest BCUT2D eigenvalue weighted by Gasteiger charge is 2.19. The van der Waals surface area contributed by atoms with Gasteiger partial charge in [0.2, 0.25) is 0 Å². The predicted molar refractivity (Wildman–Crippen MR) is 67.8 cm³/mol. The molecule has 1 N–H and O–H groups in total. The van der Waals surface area contributed by atoms with Crippen molar-refractivity contribution in [1.29, 1.82) is 0 Å². The quantitative estimate of drug-likeness (QED) is 0.824. The van der Waals surface area contributed by atoms with Crippen LogP contribution in [0.3, 0.4) is 0 Å². The van der Waals surface area contributed by atoms with Gasteiger partial charge in [-0.2, -0.15) is 0 Å². The zero-order chi connectivity index (χ0) is 12.8. The summed E-state index contributed by atoms with van der Waals surface area (Å²) in [5, 5.41) is 12.7. The third kappa shape index (κ3) is 3.41. The van der Waals surface area contributed by atoms with Gasteiger partial charge >= 0.3 is 5.97 Å². The summed E-state index contributed by atoms with van der Waals surface area (Å²) in [4.78, 5) is 19.8. The van der Waals surface area contributed by atoms with Crippen LogP contribution in [0.25, 0.3) is 0 Å². The molecule has 5 nitrogen and oxygen atoms in total. The molecule has 5 heteroatoms. The van der Waals surface area contributed by atoms with E-state index in [4.69, 9.17) is 9.94 Å². The maximum Gasteiger partial charge on any atom is 0.328 e. The number of hydrogen-bond donors (Lipinski definition) is 1. The molecule has 1 aliphatic heterocycles. The van der Waals surface area contributed by atoms with E-state index in [2.05, 4.69) is 10.1 Å². The first-order chi connectivity index (χ1) is 8.75. The molecule has 1 aromatic carbocycles. The predicted octanol–water partition coefficient (Wildman–Crippen LogP) is 1.88. The highest BCUT2D eigenvalue weighted by molar-refractivity contribution is 6.31. The molecule has 1 aliphatic rings. The Hall–Kier alpha value is -2.17. The van der Waals surface area contributed by atoms with Crippen molar-refractivity contribution in [3.8, 4) is 0 Å². The number of aliphatic carboxylic acids is 1. The van der Waals surface area contributed by atoms with E-state index in [1.807, 2.05) is 30.3 Å². The summed E-state index contributed by atoms with van der Waals surface area (Å²) >= 11 is 0. The Labute approximate surface area is 105 Å². The number of benzene rings is 1. The molecule has 1 atom stereocenters. The molecule has 18 heavy (non-hydrogen) atoms. The molecule has 2 rings (SSSR count). The first kappa shape index (κ1) is 12.3. The van der Waals surface area contributed by atoms with Crippen LogP contribution >= 0.6 is 0 Å². The largest absolute Gasteiger partial charge is 0.480 e. The van der Waals surface area contributed by atoms with Crippen LogP contribution in [0.4, 0.5) is 0 Å². The van der Waals surface area contributed by atoms with Gasteiger partial charge in [-0.15, -0.1) is 0 Å². The fourth-order valence-electron chi connectivity index (χ4n) is 1.62. The molecular weight excluding hydrogens is 232 g/mol. The van der Waals surface area contributed by atoms with Crippen molar-refractivity contribution in [1.82, 2.24) is 0 Å². The summed E-state index contributed by atoms with van der Waals surface area (Å²) in [5.41, 5.74) is 1.72. The number of rotatable bonds is 4. The smallest absolute Gasteiger partial charge is 0.328 e. The monoisotopic (exact) mass is 246 g/mol. The number of carbonyl (C=O) groups is 1. The number of carboxylic acid groups (broad SMARTS) is 1. The molecule has 0 aliphatic carbocycles. The number of oxime groups is 1. The zero-order valence-electron chi connectivity index (χ0n) is 9.82. The second-order valence-electron chi connectivity index (χ2n) is 4.01. The van der Waals surface area contributed by atoms with Gasteiger partial charge in [-0.05, 0) is 18.4 Å². The Morgan fingerprint density at radius 2 is 2.22 bits per heavy atom. The van der Waals surface area contributed by atoms with Gasteiger partial charge in [-0.25, -0.2) is 4.79 Å². The molecule has 0 radical (unpaired) electrons. The fourth-order valence-corrected chi connectivity index (χ4v) is 1.62. The standard InChI is InChI=1S/C13H14N2O3/c16-13(17)12-7-6-11(8-14-12)15-18-9-10-4-2-1-3-5-10/h1-5,8,12H,6-7,9H2,(H,16,17)/t12-/m0/s1. The molecule has 0 amide bonds. The van der Waals surface area contributed by atoms with Gasteiger partial charge < -0.3 is 9.94 Å². The summed E-state index contributed by atoms with van der Waals surface area (Å²) in [6.07, 6.45) is 2.53. The van der Waals surface area contributed by atoms with Gasteiger partial charge in [-0.3, -0.25) is 4.99 Å². The van der Waals surface area contributed by atoms with E-state index >= 15 is 0 Å². The number of hydrogen-bond acceptors (Lipinski definition) is 4. The molecule has 0 saturated heterocycles. The third-order valence-electron chi connectivity index (χ3n) is 2.62. The van der Waals surface area contributed by atoms with Crippen molar-refractivity contribution in [3.05, 3.63) is 35.9 Å². The molecule has 0 aromatic heterocycles. The second kappa shape index (κ2) is 5.95. The van der Waals surface area contributed by atoms with Crippen molar-refractivity contribution in [2.45, 2.75) is 25.5 Å². The third-order valence-corrected chi connectivity index (χ3v) is 2.62. The molecule has 1 aromatic rings. The van der Waals surface area contributed by atoms with Gasteiger partial charge in [0.15, 0.2) is 0 Å². The van der Waals surface area contributed by atoms with E-state index in [1.54, 1.807) is 0 Å². The van der Waals surface area contributed by atoms with Gasteiger partial charge in [0.25, 0.3) is 0 Å². The maximum absolute atomic E-state index is 10.7. The van der Waals surface area contributed by atoms with Crippen molar-refractivity contribution in [2.24, 2.45) is 10.1 Å². The van der Waals surface area contributed by atoms with Gasteiger partial charge in [-0.1, -0.05) is 35.5 Å². The van der Waals surface area contributed by atoms with Gasteiger partial charge in [0.1, 0.15) is 12.6 Å². The minimum atomic E-state index is -0.893. The van der Waals surface area contributed by atoms with Crippen LogP contribution in [-0.4, -0.2) is 29.0 Å². The van der Waals surface area contributed by atoms with Crippen LogP contribution in [-0.2, 0) is 16.2 Å². The van der Waals surface area contributed by atoms with E-state index in [9.17, 15) is 4.79 Å². The van der Waals surface area contributed by atoms with Crippen molar-refractivity contribution < 1.29 is 14.7 Å². The lowest BCUT2D eigenvalue weighted by Crippen LogP contribution is -2.24. The lowest BCUT2D eigenvalue weighted by molar-refractivity contribution is -0.138. The molecule has 94 valence electrons. The van der Waals surface area contributed by atoms with Crippen LogP contribution in [0.5, 0.6) is 0 Å².